The van der Waals surface area contributed by atoms with Gasteiger partial charge in [0.2, 0.25) is 16.6 Å². The van der Waals surface area contributed by atoms with E-state index in [1.165, 1.54) is 0 Å². The number of carbonyl (C=O) groups excluding carboxylic acids is 1. The van der Waals surface area contributed by atoms with E-state index in [-0.39, 0.29) is 11.4 Å². The van der Waals surface area contributed by atoms with Gasteiger partial charge in [-0.1, -0.05) is 20.8 Å². The van der Waals surface area contributed by atoms with E-state index in [1.54, 1.807) is 0 Å². The van der Waals surface area contributed by atoms with Crippen LogP contribution in [0.1, 0.15) is 20.8 Å². The summed E-state index contributed by atoms with van der Waals surface area (Å²) in [6.07, 6.45) is -0.684. The topological polar surface area (TPSA) is 44.8 Å². The van der Waals surface area contributed by atoms with E-state index in [1.807, 2.05) is 60.1 Å². The van der Waals surface area contributed by atoms with Crippen molar-refractivity contribution in [2.45, 2.75) is 66.2 Å². The SMILES string of the molecule is CC(C)(C)C(OO[Si](C)(C)C)C(=O)O[Si](C)(C)C. The van der Waals surface area contributed by atoms with Crippen molar-refractivity contribution in [3.05, 3.63) is 0 Å². The van der Waals surface area contributed by atoms with Gasteiger partial charge in [0, 0.05) is 5.41 Å². The highest BCUT2D eigenvalue weighted by atomic mass is 28.4. The third-order valence-corrected chi connectivity index (χ3v) is 3.21. The van der Waals surface area contributed by atoms with Gasteiger partial charge in [0.05, 0.1) is 0 Å². The Balaban J connectivity index is 4.76. The molecule has 108 valence electrons. The molecular weight excluding hydrogens is 264 g/mol. The lowest BCUT2D eigenvalue weighted by molar-refractivity contribution is -0.274. The van der Waals surface area contributed by atoms with E-state index < -0.39 is 22.7 Å². The van der Waals surface area contributed by atoms with Gasteiger partial charge in [-0.2, -0.15) is 0 Å². The predicted octanol–water partition coefficient (Wildman–Crippen LogP) is 3.56. The monoisotopic (exact) mass is 292 g/mol. The van der Waals surface area contributed by atoms with Gasteiger partial charge in [0.1, 0.15) is 0 Å². The summed E-state index contributed by atoms with van der Waals surface area (Å²) >= 11 is 0. The van der Waals surface area contributed by atoms with E-state index in [2.05, 4.69) is 0 Å². The van der Waals surface area contributed by atoms with Crippen LogP contribution in [0.4, 0.5) is 0 Å². The molecule has 1 unspecified atom stereocenters. The fourth-order valence-electron chi connectivity index (χ4n) is 1.08. The van der Waals surface area contributed by atoms with Crippen LogP contribution in [0.3, 0.4) is 0 Å². The molecule has 18 heavy (non-hydrogen) atoms. The van der Waals surface area contributed by atoms with Crippen LogP contribution in [-0.2, 0) is 18.7 Å². The molecule has 0 heterocycles. The normalized spacial score (nSPS) is 15.4. The van der Waals surface area contributed by atoms with Gasteiger partial charge >= 0.3 is 5.97 Å². The lowest BCUT2D eigenvalue weighted by atomic mass is 9.89. The number of hydrogen-bond donors (Lipinski definition) is 0. The Morgan fingerprint density at radius 2 is 1.39 bits per heavy atom. The fraction of sp³-hybridized carbons (Fsp3) is 0.917. The Labute approximate surface area is 113 Å². The second kappa shape index (κ2) is 5.85. The van der Waals surface area contributed by atoms with Gasteiger partial charge in [0.25, 0.3) is 0 Å². The standard InChI is InChI=1S/C12H28O4Si2/c1-12(2,3)10(14-16-18(7,8)9)11(13)15-17(4,5)6/h10H,1-9H3. The van der Waals surface area contributed by atoms with Gasteiger partial charge in [-0.15, -0.1) is 0 Å². The summed E-state index contributed by atoms with van der Waals surface area (Å²) in [5, 5.41) is 0. The summed E-state index contributed by atoms with van der Waals surface area (Å²) in [6, 6.07) is 0. The van der Waals surface area contributed by atoms with Crippen molar-refractivity contribution in [1.82, 2.24) is 0 Å². The number of carbonyl (C=O) groups is 1. The van der Waals surface area contributed by atoms with E-state index in [0.717, 1.165) is 0 Å². The minimum Gasteiger partial charge on any atom is -0.518 e. The summed E-state index contributed by atoms with van der Waals surface area (Å²) in [6.45, 7) is 17.8. The van der Waals surface area contributed by atoms with E-state index in [4.69, 9.17) is 13.9 Å². The first-order valence-electron chi connectivity index (χ1n) is 6.30. The average Bonchev–Trinajstić information content (AvgIpc) is 1.94. The molecule has 0 aromatic heterocycles. The molecule has 0 saturated carbocycles. The Bertz CT molecular complexity index is 284. The molecule has 0 aromatic carbocycles. The maximum atomic E-state index is 12.1. The summed E-state index contributed by atoms with van der Waals surface area (Å²) in [4.78, 5) is 17.5. The molecule has 0 fully saturated rings. The largest absolute Gasteiger partial charge is 0.518 e. The van der Waals surface area contributed by atoms with Gasteiger partial charge in [-0.3, -0.25) is 9.37 Å². The zero-order valence-corrected chi connectivity index (χ0v) is 15.2. The quantitative estimate of drug-likeness (QED) is 0.441. The third-order valence-electron chi connectivity index (χ3n) is 1.80. The molecule has 0 rings (SSSR count). The lowest BCUT2D eigenvalue weighted by Gasteiger charge is -2.32. The molecular formula is C12H28O4Si2. The Kier molecular flexibility index (Phi) is 5.80. The number of hydrogen-bond acceptors (Lipinski definition) is 4. The molecule has 6 heteroatoms. The van der Waals surface area contributed by atoms with Crippen LogP contribution in [0.2, 0.25) is 39.3 Å². The Morgan fingerprint density at radius 3 is 1.67 bits per heavy atom. The highest BCUT2D eigenvalue weighted by Crippen LogP contribution is 2.26. The van der Waals surface area contributed by atoms with Gasteiger partial charge in [0.15, 0.2) is 6.10 Å². The van der Waals surface area contributed by atoms with Gasteiger partial charge in [-0.25, -0.2) is 4.89 Å². The maximum Gasteiger partial charge on any atom is 0.325 e. The zero-order chi connectivity index (χ0) is 14.8. The smallest absolute Gasteiger partial charge is 0.325 e. The minimum atomic E-state index is -1.91. The fourth-order valence-corrected chi connectivity index (χ4v) is 2.18. The maximum absolute atomic E-state index is 12.1. The van der Waals surface area contributed by atoms with Crippen molar-refractivity contribution in [2.75, 3.05) is 0 Å². The third kappa shape index (κ3) is 8.02. The van der Waals surface area contributed by atoms with Crippen LogP contribution in [0.15, 0.2) is 0 Å². The van der Waals surface area contributed by atoms with Crippen molar-refractivity contribution in [3.63, 3.8) is 0 Å². The van der Waals surface area contributed by atoms with Crippen LogP contribution >= 0.6 is 0 Å². The first kappa shape index (κ1) is 17.8. The molecule has 4 nitrogen and oxygen atoms in total. The van der Waals surface area contributed by atoms with E-state index >= 15 is 0 Å². The van der Waals surface area contributed by atoms with Crippen LogP contribution in [-0.4, -0.2) is 28.7 Å². The molecule has 0 spiro atoms. The van der Waals surface area contributed by atoms with Gasteiger partial charge in [-0.05, 0) is 39.3 Å². The van der Waals surface area contributed by atoms with Crippen LogP contribution in [0.5, 0.6) is 0 Å². The molecule has 0 bridgehead atoms. The van der Waals surface area contributed by atoms with Crippen molar-refractivity contribution in [3.8, 4) is 0 Å². The van der Waals surface area contributed by atoms with Crippen molar-refractivity contribution < 1.29 is 18.7 Å². The molecule has 0 amide bonds. The van der Waals surface area contributed by atoms with Crippen molar-refractivity contribution in [1.29, 1.82) is 0 Å². The van der Waals surface area contributed by atoms with Gasteiger partial charge < -0.3 is 4.43 Å². The first-order valence-corrected chi connectivity index (χ1v) is 13.1. The Morgan fingerprint density at radius 1 is 0.944 bits per heavy atom. The van der Waals surface area contributed by atoms with E-state index in [0.29, 0.717) is 0 Å². The molecule has 0 aliphatic heterocycles. The van der Waals surface area contributed by atoms with Crippen molar-refractivity contribution >= 4 is 22.6 Å². The molecule has 0 aliphatic rings. The van der Waals surface area contributed by atoms with Crippen molar-refractivity contribution in [2.24, 2.45) is 5.41 Å². The molecule has 0 N–H and O–H groups in total. The highest BCUT2D eigenvalue weighted by molar-refractivity contribution is 6.71. The molecule has 0 radical (unpaired) electrons. The average molecular weight is 293 g/mol. The predicted molar refractivity (Wildman–Crippen MR) is 78.2 cm³/mol. The molecule has 1 atom stereocenters. The molecule has 0 aromatic rings. The highest BCUT2D eigenvalue weighted by Gasteiger charge is 2.38. The second-order valence-electron chi connectivity index (χ2n) is 7.57. The zero-order valence-electron chi connectivity index (χ0n) is 13.2. The van der Waals surface area contributed by atoms with Crippen LogP contribution < -0.4 is 0 Å². The molecule has 0 saturated heterocycles. The minimum absolute atomic E-state index is 0.320. The van der Waals surface area contributed by atoms with E-state index in [9.17, 15) is 4.79 Å². The summed E-state index contributed by atoms with van der Waals surface area (Å²) < 4.78 is 10.9. The van der Waals surface area contributed by atoms with Crippen LogP contribution in [0.25, 0.3) is 0 Å². The summed E-state index contributed by atoms with van der Waals surface area (Å²) in [7, 11) is -3.73. The second-order valence-corrected chi connectivity index (χ2v) is 16.4. The molecule has 0 aliphatic carbocycles. The Hall–Kier alpha value is -0.176. The first-order chi connectivity index (χ1) is 7.72. The van der Waals surface area contributed by atoms with Crippen LogP contribution in [0, 0.1) is 5.41 Å². The number of rotatable bonds is 5. The summed E-state index contributed by atoms with van der Waals surface area (Å²) in [5.41, 5.74) is -0.351. The lowest BCUT2D eigenvalue weighted by Crippen LogP contribution is -2.44. The summed E-state index contributed by atoms with van der Waals surface area (Å²) in [5.74, 6) is -0.320.